The topological polar surface area (TPSA) is 109 Å². The van der Waals surface area contributed by atoms with Crippen molar-refractivity contribution in [3.05, 3.63) is 71.4 Å². The van der Waals surface area contributed by atoms with Gasteiger partial charge in [0.2, 0.25) is 0 Å². The summed E-state index contributed by atoms with van der Waals surface area (Å²) in [7, 11) is 0.0939. The molecule has 4 rings (SSSR count). The van der Waals surface area contributed by atoms with Gasteiger partial charge < -0.3 is 15.0 Å². The average Bonchev–Trinajstić information content (AvgIpc) is 3.25. The molecule has 0 unspecified atom stereocenters. The molecule has 4 aromatic rings. The van der Waals surface area contributed by atoms with E-state index in [1.807, 2.05) is 31.4 Å². The maximum absolute atomic E-state index is 12.7. The lowest BCUT2D eigenvalue weighted by Gasteiger charge is -2.12. The molecule has 8 nitrogen and oxygen atoms in total. The van der Waals surface area contributed by atoms with Crippen molar-refractivity contribution in [2.75, 3.05) is 25.5 Å². The molecular formula is C24H26N4O4S. The first kappa shape index (κ1) is 22.9. The molecule has 0 aliphatic heterocycles. The van der Waals surface area contributed by atoms with Gasteiger partial charge in [0, 0.05) is 49.5 Å². The van der Waals surface area contributed by atoms with E-state index >= 15 is 0 Å². The lowest BCUT2D eigenvalue weighted by atomic mass is 9.97. The van der Waals surface area contributed by atoms with Crippen LogP contribution in [0.25, 0.3) is 33.0 Å². The van der Waals surface area contributed by atoms with Gasteiger partial charge in [-0.2, -0.15) is 5.10 Å². The zero-order valence-corrected chi connectivity index (χ0v) is 19.4. The third-order valence-electron chi connectivity index (χ3n) is 5.50. The average molecular weight is 467 g/mol. The van der Waals surface area contributed by atoms with E-state index in [2.05, 4.69) is 5.10 Å². The predicted octanol–water partition coefficient (Wildman–Crippen LogP) is 2.36. The summed E-state index contributed by atoms with van der Waals surface area (Å²) in [5.41, 5.74) is 8.82. The molecule has 9 heteroatoms. The Bertz CT molecular complexity index is 1450. The Balaban J connectivity index is 1.74. The summed E-state index contributed by atoms with van der Waals surface area (Å²) < 4.78 is 33.7. The third kappa shape index (κ3) is 4.75. The minimum Gasteiger partial charge on any atom is -0.379 e. The van der Waals surface area contributed by atoms with Crippen LogP contribution in [-0.4, -0.2) is 48.3 Å². The molecule has 0 fully saturated rings. The van der Waals surface area contributed by atoms with E-state index in [-0.39, 0.29) is 22.8 Å². The van der Waals surface area contributed by atoms with E-state index in [4.69, 9.17) is 10.5 Å². The van der Waals surface area contributed by atoms with E-state index in [9.17, 15) is 13.2 Å². The van der Waals surface area contributed by atoms with Crippen LogP contribution in [0.3, 0.4) is 0 Å². The molecule has 0 spiro atoms. The Kier molecular flexibility index (Phi) is 6.46. The highest BCUT2D eigenvalue weighted by Gasteiger charge is 2.16. The van der Waals surface area contributed by atoms with Crippen molar-refractivity contribution in [1.29, 1.82) is 0 Å². The standard InChI is InChI=1S/C24H26N4O4S/c1-27-16-23(17-3-6-20(7-4-17)33(30,31)12-11-32-10-9-25)22-13-18(5-8-21(22)24(27)29)19-14-26-28(2)15-19/h3-8,13-16H,9-12,25H2,1-2H3. The number of aryl methyl sites for hydroxylation is 2. The van der Waals surface area contributed by atoms with Gasteiger partial charge in [-0.1, -0.05) is 18.2 Å². The van der Waals surface area contributed by atoms with Crippen molar-refractivity contribution in [1.82, 2.24) is 14.3 Å². The lowest BCUT2D eigenvalue weighted by molar-refractivity contribution is 0.157. The summed E-state index contributed by atoms with van der Waals surface area (Å²) in [6.07, 6.45) is 5.47. The van der Waals surface area contributed by atoms with Gasteiger partial charge in [-0.25, -0.2) is 8.42 Å². The second-order valence-electron chi connectivity index (χ2n) is 7.87. The molecule has 0 saturated carbocycles. The fourth-order valence-corrected chi connectivity index (χ4v) is 4.88. The zero-order chi connectivity index (χ0) is 23.6. The number of ether oxygens (including phenoxy) is 1. The fourth-order valence-electron chi connectivity index (χ4n) is 3.76. The number of benzene rings is 2. The number of hydrogen-bond acceptors (Lipinski definition) is 6. The SMILES string of the molecule is Cn1cc(-c2ccc3c(=O)n(C)cc(-c4ccc(S(=O)(=O)CCOCCN)cc4)c3c2)cn1. The maximum Gasteiger partial charge on any atom is 0.258 e. The van der Waals surface area contributed by atoms with Crippen LogP contribution in [-0.2, 0) is 28.7 Å². The second-order valence-corrected chi connectivity index (χ2v) is 9.98. The van der Waals surface area contributed by atoms with E-state index in [1.54, 1.807) is 53.0 Å². The minimum absolute atomic E-state index is 0.0943. The molecule has 0 bridgehead atoms. The first-order valence-electron chi connectivity index (χ1n) is 10.5. The number of nitrogens with zero attached hydrogens (tertiary/aromatic N) is 3. The number of hydrogen-bond donors (Lipinski definition) is 1. The van der Waals surface area contributed by atoms with E-state index in [1.165, 1.54) is 0 Å². The van der Waals surface area contributed by atoms with Crippen molar-refractivity contribution in [2.24, 2.45) is 19.8 Å². The number of rotatable bonds is 8. The van der Waals surface area contributed by atoms with Gasteiger partial charge in [0.1, 0.15) is 0 Å². The van der Waals surface area contributed by atoms with Crippen molar-refractivity contribution >= 4 is 20.6 Å². The molecule has 0 amide bonds. The normalized spacial score (nSPS) is 11.8. The van der Waals surface area contributed by atoms with Crippen LogP contribution in [0.15, 0.2) is 70.7 Å². The molecule has 2 aromatic heterocycles. The molecule has 0 saturated heterocycles. The van der Waals surface area contributed by atoms with Gasteiger partial charge >= 0.3 is 0 Å². The van der Waals surface area contributed by atoms with Crippen LogP contribution in [0.1, 0.15) is 0 Å². The maximum atomic E-state index is 12.7. The molecule has 2 heterocycles. The predicted molar refractivity (Wildman–Crippen MR) is 129 cm³/mol. The molecule has 172 valence electrons. The highest BCUT2D eigenvalue weighted by molar-refractivity contribution is 7.91. The van der Waals surface area contributed by atoms with Crippen LogP contribution >= 0.6 is 0 Å². The van der Waals surface area contributed by atoms with Gasteiger partial charge in [-0.05, 0) is 40.8 Å². The first-order valence-corrected chi connectivity index (χ1v) is 12.2. The highest BCUT2D eigenvalue weighted by atomic mass is 32.2. The minimum atomic E-state index is -3.47. The second kappa shape index (κ2) is 9.30. The number of fused-ring (bicyclic) bond motifs is 1. The van der Waals surface area contributed by atoms with E-state index in [0.29, 0.717) is 18.5 Å². The fraction of sp³-hybridized carbons (Fsp3) is 0.250. The molecule has 0 aliphatic rings. The van der Waals surface area contributed by atoms with Crippen LogP contribution in [0.4, 0.5) is 0 Å². The summed E-state index contributed by atoms with van der Waals surface area (Å²) in [5, 5.41) is 5.62. The number of pyridine rings is 1. The summed E-state index contributed by atoms with van der Waals surface area (Å²) in [6, 6.07) is 12.4. The van der Waals surface area contributed by atoms with Gasteiger partial charge in [0.05, 0.1) is 30.1 Å². The highest BCUT2D eigenvalue weighted by Crippen LogP contribution is 2.31. The quantitative estimate of drug-likeness (QED) is 0.399. The monoisotopic (exact) mass is 466 g/mol. The smallest absolute Gasteiger partial charge is 0.258 e. The van der Waals surface area contributed by atoms with Crippen LogP contribution < -0.4 is 11.3 Å². The van der Waals surface area contributed by atoms with Gasteiger partial charge in [-0.15, -0.1) is 0 Å². The number of sulfone groups is 1. The Labute approximate surface area is 192 Å². The van der Waals surface area contributed by atoms with Crippen molar-refractivity contribution in [2.45, 2.75) is 4.90 Å². The van der Waals surface area contributed by atoms with Gasteiger partial charge in [-0.3, -0.25) is 9.48 Å². The molecule has 0 aliphatic carbocycles. The Morgan fingerprint density at radius 3 is 2.33 bits per heavy atom. The van der Waals surface area contributed by atoms with Crippen molar-refractivity contribution < 1.29 is 13.2 Å². The molecule has 2 aromatic carbocycles. The van der Waals surface area contributed by atoms with E-state index in [0.717, 1.165) is 27.6 Å². The molecule has 2 N–H and O–H groups in total. The summed E-state index contributed by atoms with van der Waals surface area (Å²) >= 11 is 0. The van der Waals surface area contributed by atoms with Gasteiger partial charge in [0.15, 0.2) is 9.84 Å². The Hall–Kier alpha value is -3.27. The summed E-state index contributed by atoms with van der Waals surface area (Å²) in [6.45, 7) is 0.782. The summed E-state index contributed by atoms with van der Waals surface area (Å²) in [4.78, 5) is 13.0. The summed E-state index contributed by atoms with van der Waals surface area (Å²) in [5.74, 6) is -0.108. The van der Waals surface area contributed by atoms with Crippen molar-refractivity contribution in [3.63, 3.8) is 0 Å². The molecule has 33 heavy (non-hydrogen) atoms. The van der Waals surface area contributed by atoms with E-state index < -0.39 is 9.84 Å². The lowest BCUT2D eigenvalue weighted by Crippen LogP contribution is -2.16. The number of aromatic nitrogens is 3. The van der Waals surface area contributed by atoms with Crippen molar-refractivity contribution in [3.8, 4) is 22.3 Å². The van der Waals surface area contributed by atoms with Crippen LogP contribution in [0.5, 0.6) is 0 Å². The largest absolute Gasteiger partial charge is 0.379 e. The molecule has 0 atom stereocenters. The number of nitrogens with two attached hydrogens (primary N) is 1. The molecular weight excluding hydrogens is 440 g/mol. The first-order chi connectivity index (χ1) is 15.8. The van der Waals surface area contributed by atoms with Gasteiger partial charge in [0.25, 0.3) is 5.56 Å². The molecule has 0 radical (unpaired) electrons. The van der Waals surface area contributed by atoms with Crippen LogP contribution in [0, 0.1) is 0 Å². The Morgan fingerprint density at radius 2 is 1.67 bits per heavy atom. The third-order valence-corrected chi connectivity index (χ3v) is 7.20. The zero-order valence-electron chi connectivity index (χ0n) is 18.6. The van der Waals surface area contributed by atoms with Crippen LogP contribution in [0.2, 0.25) is 0 Å². The Morgan fingerprint density at radius 1 is 0.939 bits per heavy atom.